The Balaban J connectivity index is 1.48. The Bertz CT molecular complexity index is 1100. The molecule has 0 aromatic carbocycles. The Morgan fingerprint density at radius 3 is 2.71 bits per heavy atom. The van der Waals surface area contributed by atoms with Gasteiger partial charge in [-0.05, 0) is 43.7 Å². The number of fused-ring (bicyclic) bond motifs is 2. The van der Waals surface area contributed by atoms with E-state index in [-0.39, 0.29) is 12.0 Å². The fourth-order valence-electron chi connectivity index (χ4n) is 4.43. The molecular weight excluding hydrogens is 358 g/mol. The monoisotopic (exact) mass is 379 g/mol. The Kier molecular flexibility index (Phi) is 4.01. The molecule has 1 fully saturated rings. The van der Waals surface area contributed by atoms with Crippen LogP contribution < -0.4 is 11.1 Å². The van der Waals surface area contributed by atoms with Crippen molar-refractivity contribution < 1.29 is 4.42 Å². The normalized spacial score (nSPS) is 21.4. The molecule has 1 saturated heterocycles. The molecule has 0 unspecified atom stereocenters. The average Bonchev–Trinajstić information content (AvgIpc) is 3.44. The third-order valence-corrected chi connectivity index (χ3v) is 5.85. The van der Waals surface area contributed by atoms with Crippen LogP contribution in [0.15, 0.2) is 56.8 Å². The lowest BCUT2D eigenvalue weighted by atomic mass is 9.85. The van der Waals surface area contributed by atoms with Crippen molar-refractivity contribution in [3.63, 3.8) is 0 Å². The molecule has 1 atom stereocenters. The summed E-state index contributed by atoms with van der Waals surface area (Å²) < 4.78 is 8.33. The summed E-state index contributed by atoms with van der Waals surface area (Å²) in [6, 6.07) is 9.37. The standard InChI is InChI=1S/C20H21N5O3/c26-17-18(27)25(12-15-4-1-2-8-21-15)22-19-20(7-10-24(17)19)6-9-23(14-20)13-16-5-3-11-28-16/h1-5,8,11H,6-7,9-10,12-14H2/t20-/m0/s1. The SMILES string of the molecule is O=c1c(=O)n2c(nn1Cc1ccccn1)[C@@]1(CCN(Cc3ccco3)C1)CC2. The van der Waals surface area contributed by atoms with Crippen LogP contribution in [0.4, 0.5) is 0 Å². The topological polar surface area (TPSA) is 86.2 Å². The molecule has 3 aromatic rings. The first-order chi connectivity index (χ1) is 13.6. The summed E-state index contributed by atoms with van der Waals surface area (Å²) in [5, 5.41) is 4.65. The van der Waals surface area contributed by atoms with Crippen molar-refractivity contribution in [3.8, 4) is 0 Å². The van der Waals surface area contributed by atoms with Gasteiger partial charge in [-0.3, -0.25) is 24.0 Å². The first kappa shape index (κ1) is 17.1. The summed E-state index contributed by atoms with van der Waals surface area (Å²) in [4.78, 5) is 31.8. The molecule has 3 aromatic heterocycles. The molecule has 0 aliphatic carbocycles. The van der Waals surface area contributed by atoms with Gasteiger partial charge in [-0.1, -0.05) is 6.07 Å². The number of rotatable bonds is 4. The Hall–Kier alpha value is -3.00. The fourth-order valence-corrected chi connectivity index (χ4v) is 4.43. The van der Waals surface area contributed by atoms with Gasteiger partial charge in [0.15, 0.2) is 0 Å². The quantitative estimate of drug-likeness (QED) is 0.629. The summed E-state index contributed by atoms with van der Waals surface area (Å²) in [5.74, 6) is 1.66. The van der Waals surface area contributed by atoms with Gasteiger partial charge in [-0.25, -0.2) is 4.68 Å². The highest BCUT2D eigenvalue weighted by molar-refractivity contribution is 5.18. The summed E-state index contributed by atoms with van der Waals surface area (Å²) >= 11 is 0. The van der Waals surface area contributed by atoms with Crippen LogP contribution in [0.5, 0.6) is 0 Å². The van der Waals surface area contributed by atoms with Gasteiger partial charge >= 0.3 is 11.1 Å². The molecule has 0 radical (unpaired) electrons. The number of hydrogen-bond donors (Lipinski definition) is 0. The zero-order valence-corrected chi connectivity index (χ0v) is 15.5. The van der Waals surface area contributed by atoms with Gasteiger partial charge < -0.3 is 4.42 Å². The Morgan fingerprint density at radius 1 is 1.04 bits per heavy atom. The van der Waals surface area contributed by atoms with Crippen LogP contribution in [-0.4, -0.2) is 37.3 Å². The van der Waals surface area contributed by atoms with E-state index in [0.29, 0.717) is 12.2 Å². The molecule has 0 saturated carbocycles. The Labute approximate surface area is 161 Å². The van der Waals surface area contributed by atoms with Gasteiger partial charge in [0.25, 0.3) is 0 Å². The minimum atomic E-state index is -0.586. The van der Waals surface area contributed by atoms with E-state index in [1.807, 2.05) is 30.3 Å². The highest BCUT2D eigenvalue weighted by Gasteiger charge is 2.47. The molecule has 28 heavy (non-hydrogen) atoms. The molecule has 2 aliphatic heterocycles. The molecule has 1 spiro atoms. The smallest absolute Gasteiger partial charge is 0.332 e. The molecule has 5 heterocycles. The van der Waals surface area contributed by atoms with E-state index < -0.39 is 11.1 Å². The van der Waals surface area contributed by atoms with E-state index in [2.05, 4.69) is 15.0 Å². The number of aromatic nitrogens is 4. The lowest BCUT2D eigenvalue weighted by Crippen LogP contribution is -2.45. The van der Waals surface area contributed by atoms with E-state index in [4.69, 9.17) is 4.42 Å². The maximum Gasteiger partial charge on any atom is 0.332 e. The third kappa shape index (κ3) is 2.80. The fraction of sp³-hybridized carbons (Fsp3) is 0.400. The van der Waals surface area contributed by atoms with Crippen molar-refractivity contribution in [2.75, 3.05) is 13.1 Å². The van der Waals surface area contributed by atoms with E-state index in [9.17, 15) is 9.59 Å². The second-order valence-electron chi connectivity index (χ2n) is 7.63. The second-order valence-corrected chi connectivity index (χ2v) is 7.63. The van der Waals surface area contributed by atoms with Crippen LogP contribution in [0.1, 0.15) is 30.1 Å². The molecule has 8 heteroatoms. The molecule has 8 nitrogen and oxygen atoms in total. The highest BCUT2D eigenvalue weighted by atomic mass is 16.3. The molecule has 144 valence electrons. The van der Waals surface area contributed by atoms with E-state index in [0.717, 1.165) is 44.1 Å². The van der Waals surface area contributed by atoms with Crippen molar-refractivity contribution in [3.05, 3.63) is 80.8 Å². The summed E-state index contributed by atoms with van der Waals surface area (Å²) in [6.07, 6.45) is 5.11. The van der Waals surface area contributed by atoms with Crippen LogP contribution in [0.3, 0.4) is 0 Å². The van der Waals surface area contributed by atoms with Crippen molar-refractivity contribution in [2.24, 2.45) is 0 Å². The lowest BCUT2D eigenvalue weighted by molar-refractivity contribution is 0.273. The average molecular weight is 379 g/mol. The molecule has 5 rings (SSSR count). The first-order valence-electron chi connectivity index (χ1n) is 9.52. The van der Waals surface area contributed by atoms with Crippen LogP contribution in [-0.2, 0) is 25.0 Å². The molecule has 0 amide bonds. The largest absolute Gasteiger partial charge is 0.468 e. The maximum atomic E-state index is 12.7. The van der Waals surface area contributed by atoms with Gasteiger partial charge in [0.2, 0.25) is 0 Å². The number of pyridine rings is 1. The highest BCUT2D eigenvalue weighted by Crippen LogP contribution is 2.40. The van der Waals surface area contributed by atoms with Crippen molar-refractivity contribution >= 4 is 0 Å². The van der Waals surface area contributed by atoms with Crippen LogP contribution in [0.25, 0.3) is 0 Å². The summed E-state index contributed by atoms with van der Waals surface area (Å²) in [7, 11) is 0. The number of furan rings is 1. The Morgan fingerprint density at radius 2 is 1.93 bits per heavy atom. The van der Waals surface area contributed by atoms with Gasteiger partial charge in [-0.15, -0.1) is 0 Å². The maximum absolute atomic E-state index is 12.7. The van der Waals surface area contributed by atoms with E-state index in [1.54, 1.807) is 17.0 Å². The van der Waals surface area contributed by atoms with Gasteiger partial charge in [0, 0.05) is 24.7 Å². The summed E-state index contributed by atoms with van der Waals surface area (Å²) in [6.45, 7) is 3.22. The van der Waals surface area contributed by atoms with Crippen molar-refractivity contribution in [2.45, 2.75) is 37.9 Å². The zero-order chi connectivity index (χ0) is 19.1. The van der Waals surface area contributed by atoms with Crippen LogP contribution in [0, 0.1) is 0 Å². The minimum Gasteiger partial charge on any atom is -0.468 e. The van der Waals surface area contributed by atoms with Crippen LogP contribution in [0.2, 0.25) is 0 Å². The minimum absolute atomic E-state index is 0.189. The van der Waals surface area contributed by atoms with Crippen LogP contribution >= 0.6 is 0 Å². The third-order valence-electron chi connectivity index (χ3n) is 5.85. The predicted molar refractivity (Wildman–Crippen MR) is 101 cm³/mol. The van der Waals surface area contributed by atoms with Gasteiger partial charge in [-0.2, -0.15) is 5.10 Å². The number of hydrogen-bond acceptors (Lipinski definition) is 6. The predicted octanol–water partition coefficient (Wildman–Crippen LogP) is 0.989. The van der Waals surface area contributed by atoms with Crippen molar-refractivity contribution in [1.29, 1.82) is 0 Å². The van der Waals surface area contributed by atoms with Gasteiger partial charge in [0.05, 0.1) is 25.0 Å². The number of likely N-dealkylation sites (tertiary alicyclic amines) is 1. The molecule has 2 aliphatic rings. The first-order valence-corrected chi connectivity index (χ1v) is 9.52. The second kappa shape index (κ2) is 6.56. The summed E-state index contributed by atoms with van der Waals surface area (Å²) in [5.41, 5.74) is -0.552. The number of nitrogens with zero attached hydrogens (tertiary/aromatic N) is 5. The molecule has 0 N–H and O–H groups in total. The van der Waals surface area contributed by atoms with E-state index >= 15 is 0 Å². The lowest BCUT2D eigenvalue weighted by Gasteiger charge is -2.23. The van der Waals surface area contributed by atoms with E-state index in [1.165, 1.54) is 4.68 Å². The van der Waals surface area contributed by atoms with Crippen molar-refractivity contribution in [1.82, 2.24) is 24.2 Å². The van der Waals surface area contributed by atoms with Gasteiger partial charge in [0.1, 0.15) is 11.6 Å². The molecule has 0 bridgehead atoms. The zero-order valence-electron chi connectivity index (χ0n) is 15.5. The molecular formula is C20H21N5O3.